The number of anilines is 1. The van der Waals surface area contributed by atoms with Gasteiger partial charge in [-0.2, -0.15) is 0 Å². The molecule has 4 nitrogen and oxygen atoms in total. The summed E-state index contributed by atoms with van der Waals surface area (Å²) in [5, 5.41) is 6.41. The van der Waals surface area contributed by atoms with E-state index in [4.69, 9.17) is 16.3 Å². The third-order valence-corrected chi connectivity index (χ3v) is 9.64. The zero-order chi connectivity index (χ0) is 24.0. The number of benzene rings is 4. The summed E-state index contributed by atoms with van der Waals surface area (Å²) in [4.78, 5) is 25.9. The number of halogens is 1. The molecule has 0 aliphatic heterocycles. The van der Waals surface area contributed by atoms with E-state index in [1.165, 1.54) is 13.2 Å². The lowest BCUT2D eigenvalue weighted by molar-refractivity contribution is -0.109. The van der Waals surface area contributed by atoms with Crippen LogP contribution in [0.15, 0.2) is 109 Å². The van der Waals surface area contributed by atoms with Gasteiger partial charge in [-0.05, 0) is 41.0 Å². The number of esters is 1. The predicted molar refractivity (Wildman–Crippen MR) is 143 cm³/mol. The van der Waals surface area contributed by atoms with Crippen molar-refractivity contribution in [1.29, 1.82) is 0 Å². The van der Waals surface area contributed by atoms with Crippen molar-refractivity contribution in [3.05, 3.63) is 120 Å². The lowest BCUT2D eigenvalue weighted by atomic mass is 10.2. The van der Waals surface area contributed by atoms with E-state index in [9.17, 15) is 9.59 Å². The van der Waals surface area contributed by atoms with Crippen molar-refractivity contribution in [2.24, 2.45) is 0 Å². The number of rotatable bonds is 6. The van der Waals surface area contributed by atoms with Gasteiger partial charge in [-0.1, -0.05) is 103 Å². The SMILES string of the molecule is COC(=O)c1cc(Cl)ccc1NC(=O)C=P(c1ccccc1)(c1ccccc1)c1ccccc1. The standard InChI is InChI=1S/C28H23ClNO3P/c1-33-28(32)25-19-21(29)17-18-26(25)30-27(31)20-34(22-11-5-2-6-12-22,23-13-7-3-8-14-23)24-15-9-4-10-16-24/h2-20H,1H3,(H,30,31). The smallest absolute Gasteiger partial charge is 0.340 e. The van der Waals surface area contributed by atoms with Crippen LogP contribution in [-0.2, 0) is 9.53 Å². The Morgan fingerprint density at radius 2 is 1.24 bits per heavy atom. The van der Waals surface area contributed by atoms with Crippen molar-refractivity contribution < 1.29 is 14.3 Å². The molecule has 170 valence electrons. The summed E-state index contributed by atoms with van der Waals surface area (Å²) in [5.74, 6) is 0.869. The Hall–Kier alpha value is -3.59. The average molecular weight is 488 g/mol. The molecule has 34 heavy (non-hydrogen) atoms. The first-order valence-electron chi connectivity index (χ1n) is 10.6. The molecule has 0 aliphatic carbocycles. The fourth-order valence-electron chi connectivity index (χ4n) is 3.91. The Morgan fingerprint density at radius 1 is 0.765 bits per heavy atom. The third-order valence-electron chi connectivity index (χ3n) is 5.45. The van der Waals surface area contributed by atoms with Gasteiger partial charge >= 0.3 is 5.97 Å². The number of ether oxygens (including phenoxy) is 1. The second-order valence-corrected chi connectivity index (χ2v) is 11.2. The van der Waals surface area contributed by atoms with Gasteiger partial charge in [-0.25, -0.2) is 4.79 Å². The number of hydrogen-bond donors (Lipinski definition) is 1. The second kappa shape index (κ2) is 10.6. The van der Waals surface area contributed by atoms with Crippen LogP contribution in [0.2, 0.25) is 5.02 Å². The van der Waals surface area contributed by atoms with E-state index in [0.717, 1.165) is 15.9 Å². The van der Waals surface area contributed by atoms with Gasteiger partial charge in [-0.15, -0.1) is 0 Å². The number of amides is 1. The minimum absolute atomic E-state index is 0.194. The summed E-state index contributed by atoms with van der Waals surface area (Å²) < 4.78 is 4.87. The molecule has 0 bridgehead atoms. The average Bonchev–Trinajstić information content (AvgIpc) is 2.89. The van der Waals surface area contributed by atoms with Gasteiger partial charge in [0.05, 0.1) is 18.4 Å². The van der Waals surface area contributed by atoms with E-state index in [0.29, 0.717) is 10.7 Å². The second-order valence-electron chi connectivity index (χ2n) is 7.53. The maximum Gasteiger partial charge on any atom is 0.340 e. The molecular weight excluding hydrogens is 465 g/mol. The summed E-state index contributed by atoms with van der Waals surface area (Å²) in [5.41, 5.74) is 0.532. The molecule has 1 N–H and O–H groups in total. The van der Waals surface area contributed by atoms with Crippen molar-refractivity contribution in [2.75, 3.05) is 12.4 Å². The highest BCUT2D eigenvalue weighted by molar-refractivity contribution is 7.95. The first kappa shape index (κ1) is 23.6. The molecule has 4 rings (SSSR count). The van der Waals surface area contributed by atoms with E-state index >= 15 is 0 Å². The van der Waals surface area contributed by atoms with Crippen LogP contribution < -0.4 is 21.2 Å². The molecule has 0 spiro atoms. The highest BCUT2D eigenvalue weighted by Crippen LogP contribution is 2.43. The fourth-order valence-corrected chi connectivity index (χ4v) is 7.76. The zero-order valence-corrected chi connectivity index (χ0v) is 20.2. The number of methoxy groups -OCH3 is 1. The lowest BCUT2D eigenvalue weighted by Gasteiger charge is -2.28. The van der Waals surface area contributed by atoms with Crippen molar-refractivity contribution in [1.82, 2.24) is 0 Å². The van der Waals surface area contributed by atoms with Crippen LogP contribution in [0.4, 0.5) is 5.69 Å². The molecule has 0 aromatic heterocycles. The molecule has 0 heterocycles. The van der Waals surface area contributed by atoms with E-state index in [2.05, 4.69) is 41.7 Å². The van der Waals surface area contributed by atoms with Crippen molar-refractivity contribution in [3.8, 4) is 0 Å². The molecule has 0 radical (unpaired) electrons. The molecule has 4 aromatic rings. The molecule has 6 heteroatoms. The van der Waals surface area contributed by atoms with Gasteiger partial charge in [0.15, 0.2) is 0 Å². The van der Waals surface area contributed by atoms with Gasteiger partial charge in [0, 0.05) is 10.8 Å². The largest absolute Gasteiger partial charge is 0.465 e. The number of hydrogen-bond acceptors (Lipinski definition) is 3. The first-order chi connectivity index (χ1) is 16.5. The van der Waals surface area contributed by atoms with Gasteiger partial charge in [-0.3, -0.25) is 4.79 Å². The summed E-state index contributed by atoms with van der Waals surface area (Å²) in [6.07, 6.45) is 0. The molecule has 0 aliphatic rings. The Balaban J connectivity index is 1.93. The molecule has 0 fully saturated rings. The van der Waals surface area contributed by atoms with Crippen molar-refractivity contribution >= 4 is 57.8 Å². The minimum atomic E-state index is -2.48. The Bertz CT molecular complexity index is 1250. The van der Waals surface area contributed by atoms with Gasteiger partial charge in [0.1, 0.15) is 0 Å². The normalized spacial score (nSPS) is 10.9. The summed E-state index contributed by atoms with van der Waals surface area (Å²) in [7, 11) is 1.29. The van der Waals surface area contributed by atoms with Gasteiger partial charge < -0.3 is 10.1 Å². The van der Waals surface area contributed by atoms with E-state index in [-0.39, 0.29) is 11.5 Å². The molecule has 0 saturated heterocycles. The summed E-state index contributed by atoms with van der Waals surface area (Å²) >= 11 is 6.08. The monoisotopic (exact) mass is 487 g/mol. The Kier molecular flexibility index (Phi) is 7.32. The Labute approximate surface area is 204 Å². The predicted octanol–water partition coefficient (Wildman–Crippen LogP) is 4.86. The van der Waals surface area contributed by atoms with E-state index in [1.54, 1.807) is 17.9 Å². The highest BCUT2D eigenvalue weighted by atomic mass is 35.5. The summed E-state index contributed by atoms with van der Waals surface area (Å²) in [6.45, 7) is -2.48. The maximum absolute atomic E-state index is 13.6. The van der Waals surface area contributed by atoms with Crippen molar-refractivity contribution in [3.63, 3.8) is 0 Å². The van der Waals surface area contributed by atoms with E-state index < -0.39 is 12.9 Å². The maximum atomic E-state index is 13.6. The number of carbonyl (C=O) groups excluding carboxylic acids is 2. The van der Waals surface area contributed by atoms with Crippen LogP contribution in [0.5, 0.6) is 0 Å². The highest BCUT2D eigenvalue weighted by Gasteiger charge is 2.26. The Morgan fingerprint density at radius 3 is 1.68 bits per heavy atom. The van der Waals surface area contributed by atoms with E-state index in [1.807, 2.05) is 54.6 Å². The summed E-state index contributed by atoms with van der Waals surface area (Å²) in [6, 6.07) is 34.8. The zero-order valence-electron chi connectivity index (χ0n) is 18.5. The molecule has 0 unspecified atom stereocenters. The van der Waals surface area contributed by atoms with Crippen LogP contribution in [0, 0.1) is 0 Å². The minimum Gasteiger partial charge on any atom is -0.465 e. The van der Waals surface area contributed by atoms with Crippen LogP contribution in [0.1, 0.15) is 10.4 Å². The molecule has 4 aromatic carbocycles. The van der Waals surface area contributed by atoms with Crippen molar-refractivity contribution in [2.45, 2.75) is 0 Å². The number of nitrogens with one attached hydrogen (secondary N) is 1. The van der Waals surface area contributed by atoms with Gasteiger partial charge in [0.25, 0.3) is 0 Å². The topological polar surface area (TPSA) is 55.4 Å². The van der Waals surface area contributed by atoms with Crippen LogP contribution in [0.25, 0.3) is 0 Å². The van der Waals surface area contributed by atoms with Gasteiger partial charge in [0.2, 0.25) is 5.91 Å². The van der Waals surface area contributed by atoms with Crippen LogP contribution in [-0.4, -0.2) is 24.8 Å². The quantitative estimate of drug-likeness (QED) is 0.312. The first-order valence-corrected chi connectivity index (χ1v) is 12.9. The molecular formula is C28H23ClNO3P. The van der Waals surface area contributed by atoms with Crippen LogP contribution in [0.3, 0.4) is 0 Å². The molecule has 1 amide bonds. The third kappa shape index (κ3) is 4.84. The number of carbonyl (C=O) groups is 2. The fraction of sp³-hybridized carbons (Fsp3) is 0.0357. The lowest BCUT2D eigenvalue weighted by Crippen LogP contribution is -2.30. The molecule has 0 saturated carbocycles. The molecule has 0 atom stereocenters. The van der Waals surface area contributed by atoms with Crippen LogP contribution >= 0.6 is 18.5 Å².